The summed E-state index contributed by atoms with van der Waals surface area (Å²) in [6.07, 6.45) is 39.4. The number of hydrogen-bond acceptors (Lipinski definition) is 0. The van der Waals surface area contributed by atoms with Gasteiger partial charge in [0.2, 0.25) is 0 Å². The molecule has 0 N–H and O–H groups in total. The van der Waals surface area contributed by atoms with Gasteiger partial charge in [-0.25, -0.2) is 0 Å². The molecule has 0 nitrogen and oxygen atoms in total. The van der Waals surface area contributed by atoms with E-state index in [-0.39, 0.29) is 0 Å². The van der Waals surface area contributed by atoms with E-state index in [4.69, 9.17) is 0 Å². The zero-order valence-corrected chi connectivity index (χ0v) is 18.7. The normalized spacial score (nSPS) is 13.4. The summed E-state index contributed by atoms with van der Waals surface area (Å²) in [6, 6.07) is 0. The van der Waals surface area contributed by atoms with Crippen LogP contribution in [0.3, 0.4) is 0 Å². The minimum Gasteiger partial charge on any atom is -0.0798 e. The first-order valence-corrected chi connectivity index (χ1v) is 12.7. The third-order valence-electron chi connectivity index (χ3n) is 6.07. The highest BCUT2D eigenvalue weighted by Crippen LogP contribution is 2.18. The lowest BCUT2D eigenvalue weighted by Crippen LogP contribution is -1.84. The van der Waals surface area contributed by atoms with Gasteiger partial charge in [0.05, 0.1) is 0 Å². The maximum atomic E-state index is 3.42. The predicted molar refractivity (Wildman–Crippen MR) is 123 cm³/mol. The Hall–Kier alpha value is -0.520. The van der Waals surface area contributed by atoms with E-state index in [9.17, 15) is 0 Å². The number of rotatable bonds is 21. The number of unbranched alkanes of at least 4 members (excludes halogenated alkanes) is 19. The van der Waals surface area contributed by atoms with Gasteiger partial charge in [-0.3, -0.25) is 0 Å². The minimum atomic E-state index is 1.05. The molecule has 0 spiro atoms. The molecule has 157 valence electrons. The van der Waals surface area contributed by atoms with Gasteiger partial charge >= 0.3 is 0 Å². The summed E-state index contributed by atoms with van der Waals surface area (Å²) in [5.74, 6) is 0. The summed E-state index contributed by atoms with van der Waals surface area (Å²) in [5.41, 5.74) is 1.46. The third-order valence-corrected chi connectivity index (χ3v) is 6.07. The Labute approximate surface area is 172 Å². The Morgan fingerprint density at radius 3 is 1.26 bits per heavy atom. The number of hydrogen-bond donors (Lipinski definition) is 0. The quantitative estimate of drug-likeness (QED) is 0.176. The largest absolute Gasteiger partial charge is 0.0798 e. The molecule has 0 aliphatic heterocycles. The Balaban J connectivity index is 1.63. The molecular formula is C27H49. The van der Waals surface area contributed by atoms with E-state index in [0.29, 0.717) is 0 Å². The van der Waals surface area contributed by atoms with Gasteiger partial charge < -0.3 is 0 Å². The minimum absolute atomic E-state index is 1.05. The van der Waals surface area contributed by atoms with E-state index < -0.39 is 0 Å². The molecule has 0 saturated carbocycles. The SMILES string of the molecule is CCCCCCCCCCCCCCCCCCCCCCC1=[C]CC=C1. The summed E-state index contributed by atoms with van der Waals surface area (Å²) in [7, 11) is 0. The number of allylic oxidation sites excluding steroid dienone is 4. The van der Waals surface area contributed by atoms with Crippen LogP contribution in [0.1, 0.15) is 148 Å². The smallest absolute Gasteiger partial charge is 0.00885 e. The van der Waals surface area contributed by atoms with Crippen LogP contribution in [0.2, 0.25) is 0 Å². The van der Waals surface area contributed by atoms with Crippen molar-refractivity contribution >= 4 is 0 Å². The molecule has 0 aromatic rings. The van der Waals surface area contributed by atoms with Crippen LogP contribution >= 0.6 is 0 Å². The second-order valence-electron chi connectivity index (χ2n) is 8.78. The Morgan fingerprint density at radius 1 is 0.556 bits per heavy atom. The molecule has 0 heterocycles. The summed E-state index contributed by atoms with van der Waals surface area (Å²) in [4.78, 5) is 0. The van der Waals surface area contributed by atoms with Crippen LogP contribution in [0.15, 0.2) is 17.7 Å². The monoisotopic (exact) mass is 373 g/mol. The second-order valence-corrected chi connectivity index (χ2v) is 8.78. The topological polar surface area (TPSA) is 0 Å². The van der Waals surface area contributed by atoms with Gasteiger partial charge in [-0.05, 0) is 30.9 Å². The molecule has 0 unspecified atom stereocenters. The standard InChI is InChI=1S/C27H49/c1-2-3-4-5-6-7-8-9-10-11-12-13-14-15-16-17-18-19-20-21-24-27-25-22-23-26-27/h22,25H,2-21,23-24H2,1H3. The summed E-state index contributed by atoms with van der Waals surface area (Å²) in [5, 5.41) is 0. The molecule has 0 atom stereocenters. The average Bonchev–Trinajstić information content (AvgIpc) is 3.20. The van der Waals surface area contributed by atoms with E-state index in [2.05, 4.69) is 25.2 Å². The predicted octanol–water partition coefficient (Wildman–Crippen LogP) is 9.89. The van der Waals surface area contributed by atoms with Crippen molar-refractivity contribution in [3.05, 3.63) is 23.8 Å². The highest BCUT2D eigenvalue weighted by atomic mass is 14.0. The third kappa shape index (κ3) is 17.3. The molecule has 1 aliphatic carbocycles. The van der Waals surface area contributed by atoms with Crippen molar-refractivity contribution in [1.29, 1.82) is 0 Å². The first kappa shape index (κ1) is 24.5. The lowest BCUT2D eigenvalue weighted by Gasteiger charge is -2.04. The second kappa shape index (κ2) is 20.2. The van der Waals surface area contributed by atoms with Crippen molar-refractivity contribution in [2.75, 3.05) is 0 Å². The molecule has 0 bridgehead atoms. The molecule has 0 aromatic heterocycles. The van der Waals surface area contributed by atoms with Gasteiger partial charge in [0.1, 0.15) is 0 Å². The van der Waals surface area contributed by atoms with Crippen LogP contribution in [-0.2, 0) is 0 Å². The van der Waals surface area contributed by atoms with Crippen molar-refractivity contribution in [3.8, 4) is 0 Å². The maximum Gasteiger partial charge on any atom is -0.00885 e. The van der Waals surface area contributed by atoms with Crippen molar-refractivity contribution in [2.24, 2.45) is 0 Å². The summed E-state index contributed by atoms with van der Waals surface area (Å²) in [6.45, 7) is 2.30. The van der Waals surface area contributed by atoms with Crippen LogP contribution in [0.25, 0.3) is 0 Å². The van der Waals surface area contributed by atoms with E-state index in [0.717, 1.165) is 6.42 Å². The fourth-order valence-electron chi connectivity index (χ4n) is 4.19. The average molecular weight is 374 g/mol. The maximum absolute atomic E-state index is 3.42. The first-order chi connectivity index (χ1) is 13.4. The molecule has 27 heavy (non-hydrogen) atoms. The molecule has 1 radical (unpaired) electrons. The summed E-state index contributed by atoms with van der Waals surface area (Å²) >= 11 is 0. The molecule has 1 rings (SSSR count). The fraction of sp³-hybridized carbons (Fsp3) is 0.852. The van der Waals surface area contributed by atoms with Gasteiger partial charge in [0.25, 0.3) is 0 Å². The Bertz CT molecular complexity index is 349. The molecule has 0 fully saturated rings. The van der Waals surface area contributed by atoms with Gasteiger partial charge in [-0.1, -0.05) is 141 Å². The van der Waals surface area contributed by atoms with Gasteiger partial charge in [0.15, 0.2) is 0 Å². The molecule has 0 aromatic carbocycles. The van der Waals surface area contributed by atoms with Gasteiger partial charge in [-0.15, -0.1) is 0 Å². The van der Waals surface area contributed by atoms with Crippen LogP contribution in [0, 0.1) is 6.08 Å². The van der Waals surface area contributed by atoms with Crippen molar-refractivity contribution in [3.63, 3.8) is 0 Å². The zero-order chi connectivity index (χ0) is 19.3. The molecule has 0 amide bonds. The van der Waals surface area contributed by atoms with E-state index in [1.165, 1.54) is 140 Å². The van der Waals surface area contributed by atoms with Gasteiger partial charge in [0, 0.05) is 0 Å². The zero-order valence-electron chi connectivity index (χ0n) is 18.7. The van der Waals surface area contributed by atoms with Crippen LogP contribution < -0.4 is 0 Å². The van der Waals surface area contributed by atoms with Crippen molar-refractivity contribution in [2.45, 2.75) is 148 Å². The van der Waals surface area contributed by atoms with E-state index in [1.54, 1.807) is 0 Å². The van der Waals surface area contributed by atoms with Crippen molar-refractivity contribution < 1.29 is 0 Å². The van der Waals surface area contributed by atoms with Gasteiger partial charge in [-0.2, -0.15) is 0 Å². The molecule has 0 heteroatoms. The lowest BCUT2D eigenvalue weighted by atomic mass is 10.0. The Morgan fingerprint density at radius 2 is 0.926 bits per heavy atom. The van der Waals surface area contributed by atoms with Crippen LogP contribution in [0.5, 0.6) is 0 Å². The van der Waals surface area contributed by atoms with E-state index >= 15 is 0 Å². The van der Waals surface area contributed by atoms with Crippen molar-refractivity contribution in [1.82, 2.24) is 0 Å². The summed E-state index contributed by atoms with van der Waals surface area (Å²) < 4.78 is 0. The Kier molecular flexibility index (Phi) is 18.4. The molecule has 0 saturated heterocycles. The van der Waals surface area contributed by atoms with E-state index in [1.807, 2.05) is 0 Å². The molecular weight excluding hydrogens is 324 g/mol. The highest BCUT2D eigenvalue weighted by Gasteiger charge is 1.98. The van der Waals surface area contributed by atoms with Crippen LogP contribution in [0.4, 0.5) is 0 Å². The first-order valence-electron chi connectivity index (χ1n) is 12.7. The highest BCUT2D eigenvalue weighted by molar-refractivity contribution is 5.21. The lowest BCUT2D eigenvalue weighted by molar-refractivity contribution is 0.522. The fourth-order valence-corrected chi connectivity index (χ4v) is 4.19. The van der Waals surface area contributed by atoms with Crippen LogP contribution in [-0.4, -0.2) is 0 Å². The molecule has 1 aliphatic rings.